The first kappa shape index (κ1) is 9.93. The molecule has 0 spiro atoms. The highest BCUT2D eigenvalue weighted by Gasteiger charge is 2.43. The van der Waals surface area contributed by atoms with Crippen LogP contribution in [0.4, 0.5) is 0 Å². The van der Waals surface area contributed by atoms with Crippen molar-refractivity contribution in [2.45, 2.75) is 31.9 Å². The van der Waals surface area contributed by atoms with Gasteiger partial charge in [-0.05, 0) is 25.7 Å². The summed E-state index contributed by atoms with van der Waals surface area (Å²) >= 11 is 0. The molecule has 4 unspecified atom stereocenters. The summed E-state index contributed by atoms with van der Waals surface area (Å²) in [6, 6.07) is 0.0350. The van der Waals surface area contributed by atoms with Gasteiger partial charge in [0.25, 0.3) is 0 Å². The Morgan fingerprint density at radius 2 is 2.21 bits per heavy atom. The molecule has 1 saturated carbocycles. The zero-order valence-corrected chi connectivity index (χ0v) is 8.61. The van der Waals surface area contributed by atoms with Gasteiger partial charge in [-0.2, -0.15) is 0 Å². The number of nitrogens with one attached hydrogen (secondary N) is 1. The Morgan fingerprint density at radius 3 is 2.79 bits per heavy atom. The van der Waals surface area contributed by atoms with Crippen molar-refractivity contribution in [3.63, 3.8) is 0 Å². The van der Waals surface area contributed by atoms with Crippen LogP contribution in [0.15, 0.2) is 0 Å². The van der Waals surface area contributed by atoms with Crippen LogP contribution >= 0.6 is 0 Å². The summed E-state index contributed by atoms with van der Waals surface area (Å²) in [4.78, 5) is 2.22. The van der Waals surface area contributed by atoms with Crippen molar-refractivity contribution in [2.75, 3.05) is 13.1 Å². The third-order valence-electron chi connectivity index (χ3n) is 3.85. The zero-order valence-electron chi connectivity index (χ0n) is 8.61. The van der Waals surface area contributed by atoms with E-state index in [-0.39, 0.29) is 18.0 Å². The predicted molar refractivity (Wildman–Crippen MR) is 55.2 cm³/mol. The lowest BCUT2D eigenvalue weighted by Gasteiger charge is -2.24. The summed E-state index contributed by atoms with van der Waals surface area (Å²) in [6.07, 6.45) is 1.97. The van der Waals surface area contributed by atoms with E-state index in [9.17, 15) is 5.11 Å². The lowest BCUT2D eigenvalue weighted by molar-refractivity contribution is 0.123. The minimum absolute atomic E-state index is 0.0350. The van der Waals surface area contributed by atoms with Gasteiger partial charge >= 0.3 is 0 Å². The van der Waals surface area contributed by atoms with E-state index in [0.29, 0.717) is 11.8 Å². The first-order valence-electron chi connectivity index (χ1n) is 5.35. The Balaban J connectivity index is 1.98. The summed E-state index contributed by atoms with van der Waals surface area (Å²) in [6.45, 7) is 3.88. The Kier molecular flexibility index (Phi) is 2.49. The van der Waals surface area contributed by atoms with Gasteiger partial charge in [-0.1, -0.05) is 0 Å². The molecule has 4 N–H and O–H groups in total. The maximum Gasteiger partial charge on any atom is 0.108 e. The Morgan fingerprint density at radius 1 is 1.50 bits per heavy atom. The molecule has 4 heteroatoms. The van der Waals surface area contributed by atoms with Crippen molar-refractivity contribution < 1.29 is 5.11 Å². The van der Waals surface area contributed by atoms with Crippen molar-refractivity contribution in [2.24, 2.45) is 17.6 Å². The highest BCUT2D eigenvalue weighted by molar-refractivity contribution is 5.82. The summed E-state index contributed by atoms with van der Waals surface area (Å²) in [5, 5.41) is 17.1. The van der Waals surface area contributed by atoms with Crippen molar-refractivity contribution in [1.29, 1.82) is 5.41 Å². The molecular formula is C10H19N3O. The molecule has 4 nitrogen and oxygen atoms in total. The molecule has 1 heterocycles. The summed E-state index contributed by atoms with van der Waals surface area (Å²) < 4.78 is 0. The zero-order chi connectivity index (χ0) is 10.3. The van der Waals surface area contributed by atoms with E-state index < -0.39 is 0 Å². The second-order valence-corrected chi connectivity index (χ2v) is 4.65. The molecule has 4 atom stereocenters. The quantitative estimate of drug-likeness (QED) is 0.431. The van der Waals surface area contributed by atoms with Gasteiger partial charge in [-0.25, -0.2) is 0 Å². The second kappa shape index (κ2) is 3.51. The van der Waals surface area contributed by atoms with Crippen molar-refractivity contribution in [1.82, 2.24) is 4.90 Å². The maximum absolute atomic E-state index is 9.73. The normalized spacial score (nSPS) is 39.7. The lowest BCUT2D eigenvalue weighted by atomic mass is 10.00. The summed E-state index contributed by atoms with van der Waals surface area (Å²) in [5.41, 5.74) is 5.48. The molecule has 1 aliphatic carbocycles. The first-order valence-corrected chi connectivity index (χ1v) is 5.35. The fraction of sp³-hybridized carbons (Fsp3) is 0.900. The third-order valence-corrected chi connectivity index (χ3v) is 3.85. The van der Waals surface area contributed by atoms with Crippen LogP contribution < -0.4 is 5.73 Å². The van der Waals surface area contributed by atoms with Crippen LogP contribution in [0.1, 0.15) is 19.8 Å². The van der Waals surface area contributed by atoms with Crippen molar-refractivity contribution in [3.05, 3.63) is 0 Å². The monoisotopic (exact) mass is 197 g/mol. The Hall–Kier alpha value is -0.610. The van der Waals surface area contributed by atoms with Crippen molar-refractivity contribution >= 4 is 5.84 Å². The molecule has 1 saturated heterocycles. The molecule has 2 aliphatic rings. The SMILES string of the molecule is CC(C(=N)N)N1CC2CCC(O)C2C1. The third kappa shape index (κ3) is 1.53. The first-order chi connectivity index (χ1) is 6.59. The minimum Gasteiger partial charge on any atom is -0.393 e. The van der Waals surface area contributed by atoms with Gasteiger partial charge in [0.1, 0.15) is 5.84 Å². The van der Waals surface area contributed by atoms with E-state index in [1.807, 2.05) is 6.92 Å². The number of rotatable bonds is 2. The summed E-state index contributed by atoms with van der Waals surface area (Å²) in [5.74, 6) is 1.29. The number of amidine groups is 1. The highest BCUT2D eigenvalue weighted by Crippen LogP contribution is 2.38. The number of aliphatic hydroxyl groups is 1. The molecule has 80 valence electrons. The van der Waals surface area contributed by atoms with Crippen LogP contribution in [-0.4, -0.2) is 41.1 Å². The number of aliphatic hydroxyl groups excluding tert-OH is 1. The van der Waals surface area contributed by atoms with E-state index in [2.05, 4.69) is 4.90 Å². The number of nitrogens with two attached hydrogens (primary N) is 1. The molecule has 2 fully saturated rings. The molecule has 0 bridgehead atoms. The van der Waals surface area contributed by atoms with Gasteiger partial charge in [0.05, 0.1) is 12.1 Å². The molecule has 0 aromatic rings. The van der Waals surface area contributed by atoms with E-state index in [0.717, 1.165) is 25.9 Å². The molecule has 0 radical (unpaired) electrons. The van der Waals surface area contributed by atoms with Gasteiger partial charge in [0.2, 0.25) is 0 Å². The number of hydrogen-bond acceptors (Lipinski definition) is 3. The van der Waals surface area contributed by atoms with Crippen LogP contribution in [0, 0.1) is 17.2 Å². The molecule has 14 heavy (non-hydrogen) atoms. The van der Waals surface area contributed by atoms with Crippen LogP contribution in [0.5, 0.6) is 0 Å². The molecule has 2 rings (SSSR count). The van der Waals surface area contributed by atoms with Gasteiger partial charge in [-0.3, -0.25) is 10.3 Å². The van der Waals surface area contributed by atoms with Gasteiger partial charge in [0.15, 0.2) is 0 Å². The van der Waals surface area contributed by atoms with Gasteiger partial charge in [0, 0.05) is 19.0 Å². The smallest absolute Gasteiger partial charge is 0.108 e. The number of nitrogens with zero attached hydrogens (tertiary/aromatic N) is 1. The fourth-order valence-corrected chi connectivity index (χ4v) is 2.78. The fourth-order valence-electron chi connectivity index (χ4n) is 2.78. The number of fused-ring (bicyclic) bond motifs is 1. The average molecular weight is 197 g/mol. The standard InChI is InChI=1S/C10H19N3O/c1-6(10(11)12)13-4-7-2-3-9(14)8(7)5-13/h6-9,14H,2-5H2,1H3,(H3,11,12). The van der Waals surface area contributed by atoms with E-state index in [1.54, 1.807) is 0 Å². The van der Waals surface area contributed by atoms with Gasteiger partial charge in [-0.15, -0.1) is 0 Å². The molecule has 0 aromatic carbocycles. The minimum atomic E-state index is -0.121. The van der Waals surface area contributed by atoms with Crippen molar-refractivity contribution in [3.8, 4) is 0 Å². The van der Waals surface area contributed by atoms with Crippen LogP contribution in [0.3, 0.4) is 0 Å². The topological polar surface area (TPSA) is 73.3 Å². The van der Waals surface area contributed by atoms with Crippen LogP contribution in [0.2, 0.25) is 0 Å². The lowest BCUT2D eigenvalue weighted by Crippen LogP contribution is -2.41. The maximum atomic E-state index is 9.73. The predicted octanol–water partition coefficient (Wildman–Crippen LogP) is 0.0136. The van der Waals surface area contributed by atoms with E-state index in [1.165, 1.54) is 0 Å². The average Bonchev–Trinajstić information content (AvgIpc) is 2.67. The Bertz CT molecular complexity index is 244. The highest BCUT2D eigenvalue weighted by atomic mass is 16.3. The largest absolute Gasteiger partial charge is 0.393 e. The molecule has 0 aromatic heterocycles. The second-order valence-electron chi connectivity index (χ2n) is 4.65. The van der Waals surface area contributed by atoms with E-state index >= 15 is 0 Å². The van der Waals surface area contributed by atoms with Crippen LogP contribution in [0.25, 0.3) is 0 Å². The number of likely N-dealkylation sites (tertiary alicyclic amines) is 1. The Labute approximate surface area is 84.6 Å². The van der Waals surface area contributed by atoms with E-state index in [4.69, 9.17) is 11.1 Å². The molecular weight excluding hydrogens is 178 g/mol. The van der Waals surface area contributed by atoms with Crippen LogP contribution in [-0.2, 0) is 0 Å². The summed E-state index contributed by atoms with van der Waals surface area (Å²) in [7, 11) is 0. The molecule has 0 amide bonds. The number of hydrogen-bond donors (Lipinski definition) is 3. The van der Waals surface area contributed by atoms with Gasteiger partial charge < -0.3 is 10.8 Å². The molecule has 1 aliphatic heterocycles.